The number of carbonyl (C=O) groups is 2. The average Bonchev–Trinajstić information content (AvgIpc) is 2.71. The van der Waals surface area contributed by atoms with Crippen LogP contribution in [0, 0.1) is 11.6 Å². The number of rotatable bonds is 7. The number of nitrogens with one attached hydrogen (secondary N) is 2. The summed E-state index contributed by atoms with van der Waals surface area (Å²) in [6.07, 6.45) is 0.0858. The Labute approximate surface area is 190 Å². The standard InChI is InChI=1S/C23H26ClF2N3O3/c1-14-12-29(13-15(2)32-14)21-6-3-16(9-20(21)26)11-28-22(30)7-8-27-23(31)18-5-4-17(25)10-19(18)24/h3-6,9-10,14-15H,7-8,11-13H2,1-2H3,(H,27,31)(H,28,30). The molecule has 6 nitrogen and oxygen atoms in total. The van der Waals surface area contributed by atoms with E-state index in [9.17, 15) is 18.4 Å². The van der Waals surface area contributed by atoms with Crippen LogP contribution in [0.15, 0.2) is 36.4 Å². The first-order valence-electron chi connectivity index (χ1n) is 10.4. The highest BCUT2D eigenvalue weighted by Crippen LogP contribution is 2.24. The van der Waals surface area contributed by atoms with Crippen LogP contribution in [0.25, 0.3) is 0 Å². The van der Waals surface area contributed by atoms with Gasteiger partial charge in [0, 0.05) is 32.6 Å². The maximum atomic E-state index is 14.6. The van der Waals surface area contributed by atoms with Crippen molar-refractivity contribution in [2.45, 2.75) is 39.0 Å². The van der Waals surface area contributed by atoms with Gasteiger partial charge in [-0.1, -0.05) is 17.7 Å². The number of anilines is 1. The molecule has 1 aliphatic heterocycles. The first-order chi connectivity index (χ1) is 15.2. The van der Waals surface area contributed by atoms with Gasteiger partial charge in [0.05, 0.1) is 28.5 Å². The summed E-state index contributed by atoms with van der Waals surface area (Å²) < 4.78 is 33.4. The predicted octanol–water partition coefficient (Wildman–Crippen LogP) is 3.67. The Kier molecular flexibility index (Phi) is 8.04. The molecule has 1 saturated heterocycles. The molecule has 2 unspecified atom stereocenters. The summed E-state index contributed by atoms with van der Waals surface area (Å²) in [5.41, 5.74) is 1.29. The van der Waals surface area contributed by atoms with Crippen LogP contribution in [0.3, 0.4) is 0 Å². The summed E-state index contributed by atoms with van der Waals surface area (Å²) in [6.45, 7) is 5.41. The molecule has 32 heavy (non-hydrogen) atoms. The molecule has 1 fully saturated rings. The molecule has 0 spiro atoms. The molecule has 0 saturated carbocycles. The third-order valence-electron chi connectivity index (χ3n) is 5.08. The molecule has 2 amide bonds. The second-order valence-corrected chi connectivity index (χ2v) is 8.26. The van der Waals surface area contributed by atoms with Crippen LogP contribution in [0.2, 0.25) is 5.02 Å². The van der Waals surface area contributed by atoms with Gasteiger partial charge in [0.1, 0.15) is 11.6 Å². The zero-order valence-electron chi connectivity index (χ0n) is 18.0. The van der Waals surface area contributed by atoms with Crippen LogP contribution < -0.4 is 15.5 Å². The average molecular weight is 466 g/mol. The van der Waals surface area contributed by atoms with Gasteiger partial charge in [0.15, 0.2) is 0 Å². The minimum atomic E-state index is -0.538. The van der Waals surface area contributed by atoms with Gasteiger partial charge in [-0.15, -0.1) is 0 Å². The highest BCUT2D eigenvalue weighted by atomic mass is 35.5. The zero-order chi connectivity index (χ0) is 23.3. The summed E-state index contributed by atoms with van der Waals surface area (Å²) in [5.74, 6) is -1.67. The van der Waals surface area contributed by atoms with Gasteiger partial charge in [-0.25, -0.2) is 8.78 Å². The molecular formula is C23H26ClF2N3O3. The lowest BCUT2D eigenvalue weighted by Gasteiger charge is -2.37. The third kappa shape index (κ3) is 6.40. The highest BCUT2D eigenvalue weighted by molar-refractivity contribution is 6.33. The number of hydrogen-bond acceptors (Lipinski definition) is 4. The van der Waals surface area contributed by atoms with Crippen molar-refractivity contribution in [2.75, 3.05) is 24.5 Å². The van der Waals surface area contributed by atoms with E-state index in [0.717, 1.165) is 12.1 Å². The molecule has 0 aliphatic carbocycles. The van der Waals surface area contributed by atoms with Gasteiger partial charge in [-0.05, 0) is 49.7 Å². The summed E-state index contributed by atoms with van der Waals surface area (Å²) in [7, 11) is 0. The largest absolute Gasteiger partial charge is 0.372 e. The minimum Gasteiger partial charge on any atom is -0.372 e. The van der Waals surface area contributed by atoms with E-state index in [1.807, 2.05) is 18.7 Å². The maximum Gasteiger partial charge on any atom is 0.252 e. The fraction of sp³-hybridized carbons (Fsp3) is 0.391. The van der Waals surface area contributed by atoms with E-state index < -0.39 is 11.7 Å². The summed E-state index contributed by atoms with van der Waals surface area (Å²) in [5, 5.41) is 5.27. The molecule has 0 bridgehead atoms. The molecule has 0 aromatic heterocycles. The van der Waals surface area contributed by atoms with Crippen molar-refractivity contribution in [3.8, 4) is 0 Å². The molecular weight excluding hydrogens is 440 g/mol. The van der Waals surface area contributed by atoms with Crippen LogP contribution in [0.5, 0.6) is 0 Å². The van der Waals surface area contributed by atoms with E-state index in [-0.39, 0.29) is 54.0 Å². The van der Waals surface area contributed by atoms with E-state index in [4.69, 9.17) is 16.3 Å². The number of benzene rings is 2. The fourth-order valence-electron chi connectivity index (χ4n) is 3.64. The molecule has 1 aliphatic rings. The number of nitrogens with zero attached hydrogens (tertiary/aromatic N) is 1. The van der Waals surface area contributed by atoms with Crippen LogP contribution in [-0.4, -0.2) is 43.7 Å². The third-order valence-corrected chi connectivity index (χ3v) is 5.39. The Balaban J connectivity index is 1.45. The van der Waals surface area contributed by atoms with Crippen LogP contribution >= 0.6 is 11.6 Å². The lowest BCUT2D eigenvalue weighted by Crippen LogP contribution is -2.45. The minimum absolute atomic E-state index is 0.00146. The molecule has 0 radical (unpaired) electrons. The molecule has 172 valence electrons. The van der Waals surface area contributed by atoms with Crippen molar-refractivity contribution >= 4 is 29.1 Å². The number of amides is 2. The topological polar surface area (TPSA) is 70.7 Å². The Morgan fingerprint density at radius 2 is 1.81 bits per heavy atom. The number of halogens is 3. The first-order valence-corrected chi connectivity index (χ1v) is 10.8. The Morgan fingerprint density at radius 1 is 1.09 bits per heavy atom. The molecule has 2 aromatic carbocycles. The van der Waals surface area contributed by atoms with Crippen LogP contribution in [0.1, 0.15) is 36.2 Å². The van der Waals surface area contributed by atoms with Gasteiger partial charge in [-0.2, -0.15) is 0 Å². The van der Waals surface area contributed by atoms with E-state index in [0.29, 0.717) is 24.3 Å². The second-order valence-electron chi connectivity index (χ2n) is 7.85. The maximum absolute atomic E-state index is 14.6. The number of carbonyl (C=O) groups excluding carboxylic acids is 2. The van der Waals surface area contributed by atoms with Crippen molar-refractivity contribution in [2.24, 2.45) is 0 Å². The first kappa shape index (κ1) is 23.9. The molecule has 2 N–H and O–H groups in total. The Bertz CT molecular complexity index is 979. The van der Waals surface area contributed by atoms with Crippen LogP contribution in [0.4, 0.5) is 14.5 Å². The van der Waals surface area contributed by atoms with Gasteiger partial charge in [-0.3, -0.25) is 9.59 Å². The summed E-state index contributed by atoms with van der Waals surface area (Å²) in [4.78, 5) is 26.1. The molecule has 2 atom stereocenters. The normalized spacial score (nSPS) is 18.3. The van der Waals surface area contributed by atoms with Gasteiger partial charge < -0.3 is 20.3 Å². The van der Waals surface area contributed by atoms with E-state index >= 15 is 0 Å². The summed E-state index contributed by atoms with van der Waals surface area (Å²) >= 11 is 5.85. The van der Waals surface area contributed by atoms with E-state index in [1.54, 1.807) is 12.1 Å². The number of ether oxygens (including phenoxy) is 1. The lowest BCUT2D eigenvalue weighted by atomic mass is 10.1. The fourth-order valence-corrected chi connectivity index (χ4v) is 3.89. The SMILES string of the molecule is CC1CN(c2ccc(CNC(=O)CCNC(=O)c3ccc(F)cc3Cl)cc2F)CC(C)O1. The predicted molar refractivity (Wildman–Crippen MR) is 119 cm³/mol. The van der Waals surface area contributed by atoms with E-state index in [1.165, 1.54) is 12.1 Å². The monoisotopic (exact) mass is 465 g/mol. The van der Waals surface area contributed by atoms with E-state index in [2.05, 4.69) is 10.6 Å². The lowest BCUT2D eigenvalue weighted by molar-refractivity contribution is -0.121. The zero-order valence-corrected chi connectivity index (χ0v) is 18.7. The van der Waals surface area contributed by atoms with Crippen molar-refractivity contribution in [1.29, 1.82) is 0 Å². The van der Waals surface area contributed by atoms with Gasteiger partial charge >= 0.3 is 0 Å². The number of hydrogen-bond donors (Lipinski definition) is 2. The van der Waals surface area contributed by atoms with Crippen molar-refractivity contribution in [1.82, 2.24) is 10.6 Å². The number of morpholine rings is 1. The van der Waals surface area contributed by atoms with Crippen LogP contribution in [-0.2, 0) is 16.1 Å². The van der Waals surface area contributed by atoms with Gasteiger partial charge in [0.25, 0.3) is 5.91 Å². The Hall–Kier alpha value is -2.71. The smallest absolute Gasteiger partial charge is 0.252 e. The highest BCUT2D eigenvalue weighted by Gasteiger charge is 2.24. The van der Waals surface area contributed by atoms with Crippen molar-refractivity contribution in [3.63, 3.8) is 0 Å². The Morgan fingerprint density at radius 3 is 2.47 bits per heavy atom. The molecule has 3 rings (SSSR count). The van der Waals surface area contributed by atoms with Crippen molar-refractivity contribution in [3.05, 3.63) is 64.2 Å². The quantitative estimate of drug-likeness (QED) is 0.654. The molecule has 1 heterocycles. The van der Waals surface area contributed by atoms with Crippen molar-refractivity contribution < 1.29 is 23.1 Å². The molecule has 9 heteroatoms. The summed E-state index contributed by atoms with van der Waals surface area (Å²) in [6, 6.07) is 8.38. The molecule has 2 aromatic rings. The second kappa shape index (κ2) is 10.7. The van der Waals surface area contributed by atoms with Gasteiger partial charge in [0.2, 0.25) is 5.91 Å².